The minimum atomic E-state index is -3.75. The Morgan fingerprint density at radius 1 is 0.541 bits per heavy atom. The van der Waals surface area contributed by atoms with Crippen molar-refractivity contribution in [2.75, 3.05) is 0 Å². The summed E-state index contributed by atoms with van der Waals surface area (Å²) in [4.78, 5) is 30.7. The zero-order valence-corrected chi connectivity index (χ0v) is 20.0. The molecule has 0 unspecified atom stereocenters. The van der Waals surface area contributed by atoms with Crippen LogP contribution in [0.1, 0.15) is 31.8 Å². The van der Waals surface area contributed by atoms with Crippen LogP contribution in [0.25, 0.3) is 0 Å². The average Bonchev–Trinajstić information content (AvgIpc) is 2.91. The Labute approximate surface area is 212 Å². The summed E-state index contributed by atoms with van der Waals surface area (Å²) in [7, 11) is -3.75. The Hall–Kier alpha value is -4.89. The predicted molar refractivity (Wildman–Crippen MR) is 140 cm³/mol. The van der Waals surface area contributed by atoms with Crippen LogP contribution in [0.3, 0.4) is 0 Å². The van der Waals surface area contributed by atoms with Crippen molar-refractivity contribution in [3.05, 3.63) is 119 Å². The van der Waals surface area contributed by atoms with Gasteiger partial charge in [0.25, 0.3) is 0 Å². The molecular weight excluding hydrogens is 492 g/mol. The number of carboxylic acids is 2. The lowest BCUT2D eigenvalue weighted by Crippen LogP contribution is -2.01. The van der Waals surface area contributed by atoms with Crippen molar-refractivity contribution in [1.29, 1.82) is 0 Å². The molecule has 0 heterocycles. The number of aliphatic imine (C=N–C) groups is 2. The van der Waals surface area contributed by atoms with Gasteiger partial charge in [-0.1, -0.05) is 24.3 Å². The SMILES string of the molecule is O=C(O)c1ccc(C=Nc2ccc(S(=O)(=O)c3ccc(N=Cc4ccc(C(=O)O)cc4)cc3)cc2)cc1. The molecular formula is C28H20N2O6S. The van der Waals surface area contributed by atoms with Crippen LogP contribution in [0.5, 0.6) is 0 Å². The van der Waals surface area contributed by atoms with E-state index in [0.29, 0.717) is 22.5 Å². The van der Waals surface area contributed by atoms with Crippen LogP contribution >= 0.6 is 0 Å². The van der Waals surface area contributed by atoms with Crippen molar-refractivity contribution in [1.82, 2.24) is 0 Å². The van der Waals surface area contributed by atoms with Crippen LogP contribution in [-0.4, -0.2) is 43.0 Å². The van der Waals surface area contributed by atoms with E-state index in [4.69, 9.17) is 10.2 Å². The second-order valence-corrected chi connectivity index (χ2v) is 9.81. The highest BCUT2D eigenvalue weighted by Crippen LogP contribution is 2.25. The fourth-order valence-electron chi connectivity index (χ4n) is 3.28. The third-order valence-electron chi connectivity index (χ3n) is 5.33. The topological polar surface area (TPSA) is 133 Å². The molecule has 0 spiro atoms. The van der Waals surface area contributed by atoms with E-state index in [-0.39, 0.29) is 20.9 Å². The molecule has 0 aliphatic heterocycles. The van der Waals surface area contributed by atoms with Gasteiger partial charge in [0, 0.05) is 12.4 Å². The first-order valence-corrected chi connectivity index (χ1v) is 12.4. The molecule has 8 nitrogen and oxygen atoms in total. The molecule has 0 aliphatic rings. The van der Waals surface area contributed by atoms with E-state index < -0.39 is 21.8 Å². The fourth-order valence-corrected chi connectivity index (χ4v) is 4.54. The Kier molecular flexibility index (Phi) is 7.36. The van der Waals surface area contributed by atoms with Gasteiger partial charge in [-0.2, -0.15) is 0 Å². The molecule has 0 aromatic heterocycles. The summed E-state index contributed by atoms with van der Waals surface area (Å²) in [5, 5.41) is 17.9. The number of hydrogen-bond acceptors (Lipinski definition) is 6. The minimum Gasteiger partial charge on any atom is -0.478 e. The van der Waals surface area contributed by atoms with Gasteiger partial charge in [0.1, 0.15) is 0 Å². The maximum absolute atomic E-state index is 13.0. The lowest BCUT2D eigenvalue weighted by Gasteiger charge is -2.05. The molecule has 37 heavy (non-hydrogen) atoms. The van der Waals surface area contributed by atoms with Crippen molar-refractivity contribution in [3.8, 4) is 0 Å². The second-order valence-electron chi connectivity index (χ2n) is 7.86. The number of carboxylic acid groups (broad SMARTS) is 2. The lowest BCUT2D eigenvalue weighted by molar-refractivity contribution is 0.0686. The highest BCUT2D eigenvalue weighted by molar-refractivity contribution is 7.91. The predicted octanol–water partition coefficient (Wildman–Crippen LogP) is 5.42. The van der Waals surface area contributed by atoms with Gasteiger partial charge in [0.05, 0.1) is 32.3 Å². The number of hydrogen-bond donors (Lipinski definition) is 2. The van der Waals surface area contributed by atoms with E-state index in [9.17, 15) is 18.0 Å². The van der Waals surface area contributed by atoms with Gasteiger partial charge < -0.3 is 10.2 Å². The molecule has 2 N–H and O–H groups in total. The molecule has 4 aromatic carbocycles. The van der Waals surface area contributed by atoms with E-state index >= 15 is 0 Å². The van der Waals surface area contributed by atoms with Crippen LogP contribution < -0.4 is 0 Å². The van der Waals surface area contributed by atoms with Crippen LogP contribution in [0.15, 0.2) is 117 Å². The number of sulfone groups is 1. The molecule has 184 valence electrons. The highest BCUT2D eigenvalue weighted by atomic mass is 32.2. The number of rotatable bonds is 8. The van der Waals surface area contributed by atoms with Gasteiger partial charge in [0.15, 0.2) is 0 Å². The first-order chi connectivity index (χ1) is 17.7. The number of aromatic carboxylic acids is 2. The minimum absolute atomic E-state index is 0.118. The summed E-state index contributed by atoms with van der Waals surface area (Å²) in [5.74, 6) is -2.01. The van der Waals surface area contributed by atoms with E-state index in [0.717, 1.165) is 0 Å². The second kappa shape index (κ2) is 10.8. The van der Waals surface area contributed by atoms with E-state index in [1.807, 2.05) is 0 Å². The summed E-state index contributed by atoms with van der Waals surface area (Å²) in [5.41, 5.74) is 2.87. The lowest BCUT2D eigenvalue weighted by atomic mass is 10.1. The first-order valence-electron chi connectivity index (χ1n) is 10.9. The number of nitrogens with zero attached hydrogens (tertiary/aromatic N) is 2. The monoisotopic (exact) mass is 512 g/mol. The molecule has 0 aliphatic carbocycles. The molecule has 0 fully saturated rings. The third-order valence-corrected chi connectivity index (χ3v) is 7.12. The fraction of sp³-hybridized carbons (Fsp3) is 0. The summed E-state index contributed by atoms with van der Waals surface area (Å²) in [6.07, 6.45) is 3.13. The quantitative estimate of drug-likeness (QED) is 0.303. The maximum atomic E-state index is 13.0. The van der Waals surface area contributed by atoms with E-state index in [2.05, 4.69) is 9.98 Å². The summed E-state index contributed by atoms with van der Waals surface area (Å²) >= 11 is 0. The van der Waals surface area contributed by atoms with Crippen molar-refractivity contribution in [2.45, 2.75) is 9.79 Å². The smallest absolute Gasteiger partial charge is 0.335 e. The van der Waals surface area contributed by atoms with Gasteiger partial charge >= 0.3 is 11.9 Å². The van der Waals surface area contributed by atoms with Gasteiger partial charge in [0.2, 0.25) is 9.84 Å². The van der Waals surface area contributed by atoms with Crippen molar-refractivity contribution < 1.29 is 28.2 Å². The van der Waals surface area contributed by atoms with Crippen molar-refractivity contribution in [3.63, 3.8) is 0 Å². The maximum Gasteiger partial charge on any atom is 0.335 e. The van der Waals surface area contributed by atoms with Gasteiger partial charge in [-0.3, -0.25) is 9.98 Å². The summed E-state index contributed by atoms with van der Waals surface area (Å²) < 4.78 is 26.0. The zero-order chi connectivity index (χ0) is 26.4. The largest absolute Gasteiger partial charge is 0.478 e. The number of benzene rings is 4. The molecule has 0 bridgehead atoms. The molecule has 0 amide bonds. The molecule has 4 rings (SSSR count). The normalized spacial score (nSPS) is 11.7. The van der Waals surface area contributed by atoms with Crippen LogP contribution in [0.4, 0.5) is 11.4 Å². The summed E-state index contributed by atoms with van der Waals surface area (Å²) in [6, 6.07) is 24.7. The molecule has 9 heteroatoms. The van der Waals surface area contributed by atoms with Gasteiger partial charge in [-0.25, -0.2) is 18.0 Å². The molecule has 4 aromatic rings. The van der Waals surface area contributed by atoms with Crippen LogP contribution in [-0.2, 0) is 9.84 Å². The van der Waals surface area contributed by atoms with E-state index in [1.165, 1.54) is 48.5 Å². The van der Waals surface area contributed by atoms with Crippen molar-refractivity contribution in [2.24, 2.45) is 9.98 Å². The van der Waals surface area contributed by atoms with Gasteiger partial charge in [-0.05, 0) is 83.9 Å². The Balaban J connectivity index is 1.44. The first kappa shape index (κ1) is 25.2. The summed E-state index contributed by atoms with van der Waals surface area (Å²) in [6.45, 7) is 0. The standard InChI is InChI=1S/C28H20N2O6S/c31-27(32)21-5-1-19(2-6-21)17-29-23-9-13-25(14-10-23)37(35,36)26-15-11-24(12-16-26)30-18-20-3-7-22(8-4-20)28(33)34/h1-18H,(H,31,32)(H,33,34). The average molecular weight is 513 g/mol. The van der Waals surface area contributed by atoms with E-state index in [1.54, 1.807) is 61.0 Å². The molecule has 0 radical (unpaired) electrons. The van der Waals surface area contributed by atoms with Crippen LogP contribution in [0, 0.1) is 0 Å². The molecule has 0 atom stereocenters. The van der Waals surface area contributed by atoms with Crippen molar-refractivity contribution >= 4 is 45.6 Å². The zero-order valence-electron chi connectivity index (χ0n) is 19.2. The number of carbonyl (C=O) groups is 2. The Bertz CT molecular complexity index is 1470. The Morgan fingerprint density at radius 3 is 1.16 bits per heavy atom. The molecule has 0 saturated carbocycles. The Morgan fingerprint density at radius 2 is 0.865 bits per heavy atom. The van der Waals surface area contributed by atoms with Gasteiger partial charge in [-0.15, -0.1) is 0 Å². The molecule has 0 saturated heterocycles. The third kappa shape index (κ3) is 6.22. The van der Waals surface area contributed by atoms with Crippen LogP contribution in [0.2, 0.25) is 0 Å². The highest BCUT2D eigenvalue weighted by Gasteiger charge is 2.17.